The lowest BCUT2D eigenvalue weighted by Gasteiger charge is -2.24. The van der Waals surface area contributed by atoms with Gasteiger partial charge in [-0.25, -0.2) is 19.3 Å². The second-order valence-corrected chi connectivity index (χ2v) is 7.87. The van der Waals surface area contributed by atoms with Crippen molar-refractivity contribution in [3.05, 3.63) is 82.4 Å². The number of H-pyrrole nitrogens is 1. The molecule has 9 nitrogen and oxygen atoms in total. The number of carbonyl (C=O) groups excluding carboxylic acids is 1. The summed E-state index contributed by atoms with van der Waals surface area (Å²) in [5.41, 5.74) is 2.41. The van der Waals surface area contributed by atoms with E-state index in [9.17, 15) is 9.59 Å². The van der Waals surface area contributed by atoms with E-state index in [1.165, 1.54) is 4.57 Å². The second kappa shape index (κ2) is 8.87. The van der Waals surface area contributed by atoms with Gasteiger partial charge < -0.3 is 14.5 Å². The number of pyridine rings is 2. The maximum absolute atomic E-state index is 13.3. The Bertz CT molecular complexity index is 1350. The van der Waals surface area contributed by atoms with Crippen LogP contribution in [0.3, 0.4) is 0 Å². The lowest BCUT2D eigenvalue weighted by Crippen LogP contribution is -2.36. The van der Waals surface area contributed by atoms with E-state index in [4.69, 9.17) is 9.72 Å². The summed E-state index contributed by atoms with van der Waals surface area (Å²) in [5.74, 6) is 0.908. The molecule has 1 aliphatic rings. The van der Waals surface area contributed by atoms with Crippen molar-refractivity contribution in [1.29, 1.82) is 0 Å². The predicted octanol–water partition coefficient (Wildman–Crippen LogP) is 2.22. The van der Waals surface area contributed by atoms with Gasteiger partial charge in [0, 0.05) is 39.5 Å². The van der Waals surface area contributed by atoms with Gasteiger partial charge in [0.1, 0.15) is 11.6 Å². The van der Waals surface area contributed by atoms with Crippen LogP contribution in [0.5, 0.6) is 0 Å². The van der Waals surface area contributed by atoms with E-state index in [0.717, 1.165) is 5.56 Å². The van der Waals surface area contributed by atoms with E-state index in [2.05, 4.69) is 27.0 Å². The van der Waals surface area contributed by atoms with Gasteiger partial charge in [-0.15, -0.1) is 0 Å². The number of nitrogens with zero attached hydrogens (tertiary/aromatic N) is 5. The molecule has 4 heterocycles. The number of benzene rings is 1. The number of methoxy groups -OCH3 is 1. The van der Waals surface area contributed by atoms with Crippen molar-refractivity contribution in [2.45, 2.75) is 6.54 Å². The number of aromatic amines is 1. The number of nitrogens with one attached hydrogen (secondary N) is 1. The fourth-order valence-corrected chi connectivity index (χ4v) is 4.13. The average Bonchev–Trinajstić information content (AvgIpc) is 3.12. The zero-order chi connectivity index (χ0) is 22.8. The Morgan fingerprint density at radius 3 is 2.64 bits per heavy atom. The van der Waals surface area contributed by atoms with Crippen molar-refractivity contribution in [2.75, 3.05) is 38.3 Å². The van der Waals surface area contributed by atoms with E-state index in [1.807, 2.05) is 24.3 Å². The normalized spacial score (nSPS) is 13.9. The standard InChI is InChI=1S/C24H24N6O3/c1-33-15-14-28-12-13-29(16-17-6-3-2-4-7-17)22-18(23(28)31)9-10-20(26-22)30-19-8-5-11-25-21(19)27-24(30)32/h2-11H,12-16H2,1H3,(H,25,27,32). The van der Waals surface area contributed by atoms with Crippen molar-refractivity contribution >= 4 is 22.9 Å². The van der Waals surface area contributed by atoms with Crippen LogP contribution in [0.25, 0.3) is 17.0 Å². The summed E-state index contributed by atoms with van der Waals surface area (Å²) in [7, 11) is 1.62. The minimum absolute atomic E-state index is 0.0930. The lowest BCUT2D eigenvalue weighted by molar-refractivity contribution is 0.0708. The molecule has 5 rings (SSSR count). The van der Waals surface area contributed by atoms with Crippen LogP contribution in [0.2, 0.25) is 0 Å². The highest BCUT2D eigenvalue weighted by atomic mass is 16.5. The topological polar surface area (TPSA) is 96.3 Å². The molecule has 9 heteroatoms. The number of hydrogen-bond acceptors (Lipinski definition) is 6. The molecular weight excluding hydrogens is 420 g/mol. The van der Waals surface area contributed by atoms with Crippen LogP contribution in [-0.2, 0) is 11.3 Å². The maximum Gasteiger partial charge on any atom is 0.333 e. The Labute approximate surface area is 190 Å². The number of hydrogen-bond donors (Lipinski definition) is 1. The van der Waals surface area contributed by atoms with Crippen molar-refractivity contribution in [3.8, 4) is 5.82 Å². The number of fused-ring (bicyclic) bond motifs is 2. The van der Waals surface area contributed by atoms with E-state index < -0.39 is 0 Å². The predicted molar refractivity (Wildman–Crippen MR) is 125 cm³/mol. The Balaban J connectivity index is 1.61. The first-order valence-electron chi connectivity index (χ1n) is 10.8. The summed E-state index contributed by atoms with van der Waals surface area (Å²) in [6.07, 6.45) is 1.63. The largest absolute Gasteiger partial charge is 0.383 e. The minimum atomic E-state index is -0.326. The third-order valence-corrected chi connectivity index (χ3v) is 5.78. The summed E-state index contributed by atoms with van der Waals surface area (Å²) >= 11 is 0. The molecule has 1 amide bonds. The van der Waals surface area contributed by atoms with Gasteiger partial charge in [0.05, 0.1) is 17.7 Å². The number of imidazole rings is 1. The molecule has 0 aliphatic carbocycles. The zero-order valence-electron chi connectivity index (χ0n) is 18.3. The molecule has 4 aromatic rings. The van der Waals surface area contributed by atoms with Crippen LogP contribution in [0.4, 0.5) is 5.82 Å². The fraction of sp³-hybridized carbons (Fsp3) is 0.250. The third-order valence-electron chi connectivity index (χ3n) is 5.78. The van der Waals surface area contributed by atoms with Gasteiger partial charge in [-0.2, -0.15) is 0 Å². The summed E-state index contributed by atoms with van der Waals surface area (Å²) in [6, 6.07) is 17.1. The molecule has 168 valence electrons. The van der Waals surface area contributed by atoms with E-state index >= 15 is 0 Å². The Hall–Kier alpha value is -3.98. The van der Waals surface area contributed by atoms with Gasteiger partial charge in [-0.05, 0) is 29.8 Å². The number of rotatable bonds is 6. The number of anilines is 1. The number of ether oxygens (including phenoxy) is 1. The molecule has 0 unspecified atom stereocenters. The zero-order valence-corrected chi connectivity index (χ0v) is 18.3. The molecule has 1 aromatic carbocycles. The van der Waals surface area contributed by atoms with E-state index in [-0.39, 0.29) is 11.6 Å². The molecule has 1 aliphatic heterocycles. The second-order valence-electron chi connectivity index (χ2n) is 7.87. The molecule has 33 heavy (non-hydrogen) atoms. The lowest BCUT2D eigenvalue weighted by atomic mass is 10.2. The molecule has 0 spiro atoms. The molecule has 0 fully saturated rings. The van der Waals surface area contributed by atoms with E-state index in [0.29, 0.717) is 61.1 Å². The van der Waals surface area contributed by atoms with Gasteiger partial charge in [0.25, 0.3) is 5.91 Å². The molecule has 0 atom stereocenters. The highest BCUT2D eigenvalue weighted by Gasteiger charge is 2.28. The van der Waals surface area contributed by atoms with Crippen molar-refractivity contribution < 1.29 is 9.53 Å². The summed E-state index contributed by atoms with van der Waals surface area (Å²) in [5, 5.41) is 0. The highest BCUT2D eigenvalue weighted by Crippen LogP contribution is 2.27. The summed E-state index contributed by atoms with van der Waals surface area (Å²) < 4.78 is 6.68. The van der Waals surface area contributed by atoms with Crippen LogP contribution >= 0.6 is 0 Å². The highest BCUT2D eigenvalue weighted by molar-refractivity contribution is 5.99. The third kappa shape index (κ3) is 3.98. The van der Waals surface area contributed by atoms with Crippen LogP contribution in [0.15, 0.2) is 65.6 Å². The van der Waals surface area contributed by atoms with Gasteiger partial charge in [-0.1, -0.05) is 30.3 Å². The first-order chi connectivity index (χ1) is 16.2. The minimum Gasteiger partial charge on any atom is -0.383 e. The average molecular weight is 444 g/mol. The maximum atomic E-state index is 13.3. The Kier molecular flexibility index (Phi) is 5.62. The molecule has 3 aromatic heterocycles. The first kappa shape index (κ1) is 20.9. The first-order valence-corrected chi connectivity index (χ1v) is 10.8. The Morgan fingerprint density at radius 2 is 1.82 bits per heavy atom. The van der Waals surface area contributed by atoms with Crippen molar-refractivity contribution in [3.63, 3.8) is 0 Å². The number of carbonyl (C=O) groups is 1. The van der Waals surface area contributed by atoms with Crippen LogP contribution in [-0.4, -0.2) is 63.7 Å². The molecule has 0 bridgehead atoms. The van der Waals surface area contributed by atoms with Gasteiger partial charge in [-0.3, -0.25) is 9.78 Å². The quantitative estimate of drug-likeness (QED) is 0.490. The smallest absolute Gasteiger partial charge is 0.333 e. The van der Waals surface area contributed by atoms with E-state index in [1.54, 1.807) is 36.4 Å². The van der Waals surface area contributed by atoms with Crippen LogP contribution < -0.4 is 10.6 Å². The molecule has 1 N–H and O–H groups in total. The number of aromatic nitrogens is 4. The molecule has 0 saturated carbocycles. The van der Waals surface area contributed by atoms with Gasteiger partial charge in [0.2, 0.25) is 0 Å². The Morgan fingerprint density at radius 1 is 1.00 bits per heavy atom. The fourth-order valence-electron chi connectivity index (χ4n) is 4.13. The van der Waals surface area contributed by atoms with Crippen LogP contribution in [0.1, 0.15) is 15.9 Å². The summed E-state index contributed by atoms with van der Waals surface area (Å²) in [4.78, 5) is 41.7. The van der Waals surface area contributed by atoms with Crippen molar-refractivity contribution in [1.82, 2.24) is 24.4 Å². The SMILES string of the molecule is COCCN1CCN(Cc2ccccc2)c2nc(-n3c(=O)[nH]c4ncccc43)ccc2C1=O. The molecular formula is C24H24N6O3. The number of amides is 1. The molecule has 0 radical (unpaired) electrons. The summed E-state index contributed by atoms with van der Waals surface area (Å²) in [6.45, 7) is 2.72. The van der Waals surface area contributed by atoms with Crippen molar-refractivity contribution in [2.24, 2.45) is 0 Å². The van der Waals surface area contributed by atoms with Crippen LogP contribution in [0, 0.1) is 0 Å². The molecule has 0 saturated heterocycles. The monoisotopic (exact) mass is 444 g/mol. The van der Waals surface area contributed by atoms with Gasteiger partial charge >= 0.3 is 5.69 Å². The van der Waals surface area contributed by atoms with Gasteiger partial charge in [0.15, 0.2) is 5.65 Å².